The summed E-state index contributed by atoms with van der Waals surface area (Å²) in [5.74, 6) is -1.03. The Kier molecular flexibility index (Phi) is 6.64. The molecule has 2 amide bonds. The van der Waals surface area contributed by atoms with E-state index in [0.717, 1.165) is 29.9 Å². The second-order valence-electron chi connectivity index (χ2n) is 9.68. The molecule has 2 aromatic heterocycles. The van der Waals surface area contributed by atoms with Crippen molar-refractivity contribution in [3.05, 3.63) is 75.3 Å². The van der Waals surface area contributed by atoms with Gasteiger partial charge in [-0.1, -0.05) is 18.2 Å². The lowest BCUT2D eigenvalue weighted by molar-refractivity contribution is -0.137. The molecule has 0 bridgehead atoms. The van der Waals surface area contributed by atoms with E-state index in [1.54, 1.807) is 39.6 Å². The van der Waals surface area contributed by atoms with Gasteiger partial charge in [-0.15, -0.1) is 22.7 Å². The average molecular weight is 575 g/mol. The topological polar surface area (TPSA) is 65.5 Å². The van der Waals surface area contributed by atoms with Crippen LogP contribution in [0.5, 0.6) is 0 Å². The van der Waals surface area contributed by atoms with Gasteiger partial charge in [0.05, 0.1) is 5.56 Å². The highest BCUT2D eigenvalue weighted by atomic mass is 32.1. The predicted octanol–water partition coefficient (Wildman–Crippen LogP) is 5.51. The Morgan fingerprint density at radius 3 is 2.36 bits per heavy atom. The van der Waals surface area contributed by atoms with Gasteiger partial charge in [0.15, 0.2) is 10.8 Å². The van der Waals surface area contributed by atoms with E-state index in [4.69, 9.17) is 0 Å². The molecule has 1 N–H and O–H groups in total. The monoisotopic (exact) mass is 574 g/mol. The molecule has 2 aliphatic rings. The van der Waals surface area contributed by atoms with E-state index in [-0.39, 0.29) is 28.8 Å². The molecule has 4 aromatic rings. The number of hydrogen-bond acceptors (Lipinski definition) is 6. The molecule has 202 valence electrons. The summed E-state index contributed by atoms with van der Waals surface area (Å²) in [6.07, 6.45) is -1.99. The Hall–Kier alpha value is -3.35. The summed E-state index contributed by atoms with van der Waals surface area (Å²) in [5, 5.41) is 6.06. The second kappa shape index (κ2) is 10.00. The van der Waals surface area contributed by atoms with Crippen LogP contribution in [0.15, 0.2) is 54.0 Å². The SMILES string of the molecule is O=C(c1nccs1)N1CCC(NC2CN(C(=O)c3sc4cc(-c5ccc(C(F)(F)F)cc5)ccc4c3F)C2)C1. The van der Waals surface area contributed by atoms with Crippen LogP contribution >= 0.6 is 22.7 Å². The van der Waals surface area contributed by atoms with Crippen LogP contribution in [0.4, 0.5) is 17.6 Å². The molecular weight excluding hydrogens is 552 g/mol. The first-order valence-corrected chi connectivity index (χ1v) is 14.0. The number of amides is 2. The lowest BCUT2D eigenvalue weighted by Gasteiger charge is -2.40. The van der Waals surface area contributed by atoms with Gasteiger partial charge >= 0.3 is 6.18 Å². The number of nitrogens with zero attached hydrogens (tertiary/aromatic N) is 3. The maximum absolute atomic E-state index is 15.2. The summed E-state index contributed by atoms with van der Waals surface area (Å²) in [4.78, 5) is 33.0. The number of alkyl halides is 3. The van der Waals surface area contributed by atoms with E-state index < -0.39 is 17.6 Å². The average Bonchev–Trinajstić information content (AvgIpc) is 3.66. The number of aromatic nitrogens is 1. The largest absolute Gasteiger partial charge is 0.416 e. The van der Waals surface area contributed by atoms with Gasteiger partial charge in [0.1, 0.15) is 4.88 Å². The third-order valence-electron chi connectivity index (χ3n) is 7.10. The summed E-state index contributed by atoms with van der Waals surface area (Å²) in [6.45, 7) is 2.11. The molecule has 1 atom stereocenters. The molecule has 2 saturated heterocycles. The standard InChI is InChI=1S/C27H22F4N4O2S2/c28-22-20-6-3-16(15-1-4-17(5-2-15)27(29,30)31)11-21(20)39-23(22)25(36)35-13-19(14-35)33-18-7-9-34(12-18)26(37)24-32-8-10-38-24/h1-6,8,10-11,18-19,33H,7,9,12-14H2. The molecule has 0 spiro atoms. The van der Waals surface area contributed by atoms with Crippen molar-refractivity contribution >= 4 is 44.6 Å². The molecule has 39 heavy (non-hydrogen) atoms. The number of carbonyl (C=O) groups is 2. The number of rotatable bonds is 5. The number of thiophene rings is 1. The van der Waals surface area contributed by atoms with Crippen molar-refractivity contribution in [2.45, 2.75) is 24.7 Å². The molecule has 0 radical (unpaired) electrons. The zero-order chi connectivity index (χ0) is 27.3. The highest BCUT2D eigenvalue weighted by Crippen LogP contribution is 2.36. The highest BCUT2D eigenvalue weighted by Gasteiger charge is 2.37. The van der Waals surface area contributed by atoms with E-state index >= 15 is 4.39 Å². The van der Waals surface area contributed by atoms with Crippen molar-refractivity contribution in [3.63, 3.8) is 0 Å². The van der Waals surface area contributed by atoms with Gasteiger partial charge in [-0.05, 0) is 41.8 Å². The van der Waals surface area contributed by atoms with Crippen molar-refractivity contribution in [1.29, 1.82) is 0 Å². The number of benzene rings is 2. The van der Waals surface area contributed by atoms with E-state index in [0.29, 0.717) is 52.4 Å². The van der Waals surface area contributed by atoms with Gasteiger partial charge in [0.25, 0.3) is 11.8 Å². The molecule has 4 heterocycles. The molecule has 12 heteroatoms. The Labute approximate surface area is 228 Å². The van der Waals surface area contributed by atoms with Gasteiger partial charge < -0.3 is 15.1 Å². The molecule has 1 unspecified atom stereocenters. The van der Waals surface area contributed by atoms with Crippen LogP contribution in [0.3, 0.4) is 0 Å². The van der Waals surface area contributed by atoms with Crippen molar-refractivity contribution in [3.8, 4) is 11.1 Å². The minimum Gasteiger partial charge on any atom is -0.335 e. The molecule has 2 aromatic carbocycles. The molecule has 2 fully saturated rings. The predicted molar refractivity (Wildman–Crippen MR) is 141 cm³/mol. The molecule has 6 rings (SSSR count). The van der Waals surface area contributed by atoms with Gasteiger partial charge in [-0.25, -0.2) is 9.37 Å². The van der Waals surface area contributed by atoms with Crippen LogP contribution in [0.25, 0.3) is 21.2 Å². The lowest BCUT2D eigenvalue weighted by Crippen LogP contribution is -2.62. The summed E-state index contributed by atoms with van der Waals surface area (Å²) in [7, 11) is 0. The normalized spacial score (nSPS) is 18.1. The molecule has 2 aliphatic heterocycles. The molecule has 6 nitrogen and oxygen atoms in total. The Balaban J connectivity index is 1.08. The first-order valence-electron chi connectivity index (χ1n) is 12.3. The third kappa shape index (κ3) is 5.04. The van der Waals surface area contributed by atoms with Gasteiger partial charge in [0.2, 0.25) is 0 Å². The number of likely N-dealkylation sites (tertiary alicyclic amines) is 2. The van der Waals surface area contributed by atoms with Crippen LogP contribution in [0.1, 0.15) is 31.5 Å². The van der Waals surface area contributed by atoms with Crippen molar-refractivity contribution in [2.24, 2.45) is 0 Å². The Morgan fingerprint density at radius 1 is 0.949 bits per heavy atom. The zero-order valence-electron chi connectivity index (χ0n) is 20.4. The Bertz CT molecular complexity index is 1530. The highest BCUT2D eigenvalue weighted by molar-refractivity contribution is 7.20. The first kappa shape index (κ1) is 25.9. The van der Waals surface area contributed by atoms with E-state index in [1.165, 1.54) is 23.5 Å². The third-order valence-corrected chi connectivity index (χ3v) is 8.98. The van der Waals surface area contributed by atoms with E-state index in [1.807, 2.05) is 0 Å². The number of hydrogen-bond donors (Lipinski definition) is 1. The smallest absolute Gasteiger partial charge is 0.335 e. The quantitative estimate of drug-likeness (QED) is 0.319. The van der Waals surface area contributed by atoms with E-state index in [9.17, 15) is 22.8 Å². The maximum atomic E-state index is 15.2. The summed E-state index contributed by atoms with van der Waals surface area (Å²) in [6, 6.07) is 9.88. The fraction of sp³-hybridized carbons (Fsp3) is 0.296. The van der Waals surface area contributed by atoms with Crippen LogP contribution in [0, 0.1) is 5.82 Å². The van der Waals surface area contributed by atoms with Crippen LogP contribution in [0.2, 0.25) is 0 Å². The van der Waals surface area contributed by atoms with Gasteiger partial charge in [0, 0.05) is 59.9 Å². The minimum atomic E-state index is -4.42. The van der Waals surface area contributed by atoms with Gasteiger partial charge in [-0.3, -0.25) is 9.59 Å². The van der Waals surface area contributed by atoms with Gasteiger partial charge in [-0.2, -0.15) is 13.2 Å². The van der Waals surface area contributed by atoms with Crippen molar-refractivity contribution < 1.29 is 27.2 Å². The van der Waals surface area contributed by atoms with Crippen LogP contribution < -0.4 is 5.32 Å². The fourth-order valence-corrected chi connectivity index (χ4v) is 6.70. The summed E-state index contributed by atoms with van der Waals surface area (Å²) < 4.78 is 54.3. The summed E-state index contributed by atoms with van der Waals surface area (Å²) in [5.41, 5.74) is 0.477. The lowest BCUT2D eigenvalue weighted by atomic mass is 10.0. The summed E-state index contributed by atoms with van der Waals surface area (Å²) >= 11 is 2.37. The number of thiazole rings is 1. The minimum absolute atomic E-state index is 0.0223. The number of fused-ring (bicyclic) bond motifs is 1. The van der Waals surface area contributed by atoms with Crippen molar-refractivity contribution in [1.82, 2.24) is 20.1 Å². The molecule has 0 aliphatic carbocycles. The van der Waals surface area contributed by atoms with Crippen molar-refractivity contribution in [2.75, 3.05) is 26.2 Å². The second-order valence-corrected chi connectivity index (χ2v) is 11.6. The molecular formula is C27H22F4N4O2S2. The number of nitrogens with one attached hydrogen (secondary N) is 1. The fourth-order valence-electron chi connectivity index (χ4n) is 5.01. The zero-order valence-corrected chi connectivity index (χ0v) is 22.0. The van der Waals surface area contributed by atoms with E-state index in [2.05, 4.69) is 10.3 Å². The molecule has 0 saturated carbocycles. The van der Waals surface area contributed by atoms with Crippen LogP contribution in [-0.4, -0.2) is 64.9 Å². The van der Waals surface area contributed by atoms with Crippen LogP contribution in [-0.2, 0) is 6.18 Å². The number of carbonyl (C=O) groups excluding carboxylic acids is 2. The Morgan fingerprint density at radius 2 is 1.67 bits per heavy atom. The number of halogens is 4. The maximum Gasteiger partial charge on any atom is 0.416 e. The first-order chi connectivity index (χ1) is 18.7.